The minimum atomic E-state index is -0.503. The summed E-state index contributed by atoms with van der Waals surface area (Å²) in [7, 11) is 3.97. The van der Waals surface area contributed by atoms with Crippen LogP contribution >= 0.6 is 0 Å². The third kappa shape index (κ3) is 4.35. The Labute approximate surface area is 116 Å². The van der Waals surface area contributed by atoms with Gasteiger partial charge in [0.05, 0.1) is 12.6 Å². The first-order valence-electron chi connectivity index (χ1n) is 6.98. The number of nitrogens with zero attached hydrogens (tertiary/aromatic N) is 2. The summed E-state index contributed by atoms with van der Waals surface area (Å²) in [4.78, 5) is 15.8. The molecule has 0 aromatic carbocycles. The van der Waals surface area contributed by atoms with Crippen LogP contribution in [0.1, 0.15) is 34.1 Å². The average molecular weight is 272 g/mol. The fourth-order valence-corrected chi connectivity index (χ4v) is 2.62. The smallest absolute Gasteiger partial charge is 0.410 e. The van der Waals surface area contributed by atoms with E-state index in [1.165, 1.54) is 0 Å². The number of likely N-dealkylation sites (tertiary alicyclic amines) is 1. The second-order valence-electron chi connectivity index (χ2n) is 6.56. The molecule has 1 aliphatic heterocycles. The van der Waals surface area contributed by atoms with Crippen LogP contribution in [-0.4, -0.2) is 65.9 Å². The highest BCUT2D eigenvalue weighted by Gasteiger charge is 2.38. The summed E-state index contributed by atoms with van der Waals surface area (Å²) in [6.45, 7) is 8.60. The van der Waals surface area contributed by atoms with Crippen molar-refractivity contribution in [1.29, 1.82) is 0 Å². The number of amides is 1. The van der Waals surface area contributed by atoms with Crippen molar-refractivity contribution in [3.63, 3.8) is 0 Å². The van der Waals surface area contributed by atoms with Gasteiger partial charge in [0.1, 0.15) is 5.60 Å². The van der Waals surface area contributed by atoms with Crippen LogP contribution in [0.25, 0.3) is 0 Å². The highest BCUT2D eigenvalue weighted by atomic mass is 16.6. The Morgan fingerprint density at radius 1 is 1.37 bits per heavy atom. The van der Waals surface area contributed by atoms with Crippen molar-refractivity contribution in [2.75, 3.05) is 27.2 Å². The third-order valence-electron chi connectivity index (χ3n) is 3.59. The van der Waals surface area contributed by atoms with Crippen LogP contribution in [-0.2, 0) is 4.74 Å². The number of aliphatic hydroxyl groups excluding tert-OH is 1. The SMILES string of the molecule is CCC1C(O)CN(C(=O)OC(C)(C)C)CC1N(C)C. The zero-order chi connectivity index (χ0) is 14.8. The Hall–Kier alpha value is -0.810. The first-order valence-corrected chi connectivity index (χ1v) is 6.98. The van der Waals surface area contributed by atoms with E-state index in [-0.39, 0.29) is 18.1 Å². The van der Waals surface area contributed by atoms with Crippen LogP contribution in [0.5, 0.6) is 0 Å². The number of likely N-dealkylation sites (N-methyl/N-ethyl adjacent to an activating group) is 1. The lowest BCUT2D eigenvalue weighted by Gasteiger charge is -2.44. The molecule has 3 atom stereocenters. The first kappa shape index (κ1) is 16.2. The van der Waals surface area contributed by atoms with Crippen molar-refractivity contribution < 1.29 is 14.6 Å². The van der Waals surface area contributed by atoms with Gasteiger partial charge in [0, 0.05) is 18.5 Å². The van der Waals surface area contributed by atoms with Crippen molar-refractivity contribution in [3.8, 4) is 0 Å². The summed E-state index contributed by atoms with van der Waals surface area (Å²) >= 11 is 0. The minimum absolute atomic E-state index is 0.168. The third-order valence-corrected chi connectivity index (χ3v) is 3.59. The van der Waals surface area contributed by atoms with Gasteiger partial charge in [0.25, 0.3) is 0 Å². The molecule has 0 aromatic heterocycles. The molecule has 1 N–H and O–H groups in total. The lowest BCUT2D eigenvalue weighted by molar-refractivity contribution is -0.0416. The highest BCUT2D eigenvalue weighted by Crippen LogP contribution is 2.25. The van der Waals surface area contributed by atoms with E-state index in [1.807, 2.05) is 34.9 Å². The van der Waals surface area contributed by atoms with Gasteiger partial charge in [-0.05, 0) is 41.3 Å². The molecular formula is C14H28N2O3. The molecule has 1 fully saturated rings. The Morgan fingerprint density at radius 3 is 2.37 bits per heavy atom. The molecule has 1 amide bonds. The number of carbonyl (C=O) groups is 1. The monoisotopic (exact) mass is 272 g/mol. The van der Waals surface area contributed by atoms with Gasteiger partial charge in [-0.25, -0.2) is 4.79 Å². The number of carbonyl (C=O) groups excluding carboxylic acids is 1. The van der Waals surface area contributed by atoms with Gasteiger partial charge >= 0.3 is 6.09 Å². The van der Waals surface area contributed by atoms with Gasteiger partial charge in [-0.3, -0.25) is 0 Å². The van der Waals surface area contributed by atoms with E-state index >= 15 is 0 Å². The normalized spacial score (nSPS) is 28.6. The van der Waals surface area contributed by atoms with Gasteiger partial charge in [0.2, 0.25) is 0 Å². The zero-order valence-corrected chi connectivity index (χ0v) is 13.0. The molecule has 1 aliphatic rings. The van der Waals surface area contributed by atoms with Crippen LogP contribution in [0.3, 0.4) is 0 Å². The number of piperidine rings is 1. The second-order valence-corrected chi connectivity index (χ2v) is 6.56. The summed E-state index contributed by atoms with van der Waals surface area (Å²) in [5.41, 5.74) is -0.503. The summed E-state index contributed by atoms with van der Waals surface area (Å²) in [6.07, 6.45) is 0.0817. The predicted octanol–water partition coefficient (Wildman–Crippen LogP) is 1.55. The van der Waals surface area contributed by atoms with Crippen molar-refractivity contribution in [2.24, 2.45) is 5.92 Å². The number of ether oxygens (including phenoxy) is 1. The van der Waals surface area contributed by atoms with Crippen molar-refractivity contribution in [1.82, 2.24) is 9.80 Å². The highest BCUT2D eigenvalue weighted by molar-refractivity contribution is 5.68. The molecule has 1 heterocycles. The van der Waals surface area contributed by atoms with E-state index in [9.17, 15) is 9.90 Å². The number of aliphatic hydroxyl groups is 1. The summed E-state index contributed by atoms with van der Waals surface area (Å²) < 4.78 is 5.38. The molecule has 0 bridgehead atoms. The summed E-state index contributed by atoms with van der Waals surface area (Å²) in [5, 5.41) is 10.2. The maximum atomic E-state index is 12.1. The Morgan fingerprint density at radius 2 is 1.95 bits per heavy atom. The van der Waals surface area contributed by atoms with E-state index in [4.69, 9.17) is 4.74 Å². The molecule has 112 valence electrons. The molecule has 1 rings (SSSR count). The van der Waals surface area contributed by atoms with Crippen LogP contribution in [0, 0.1) is 5.92 Å². The van der Waals surface area contributed by atoms with E-state index in [0.717, 1.165) is 6.42 Å². The number of β-amino-alcohol motifs (C(OH)–C–C–N with tert-alkyl or cyclic N) is 1. The van der Waals surface area contributed by atoms with Crippen molar-refractivity contribution >= 4 is 6.09 Å². The summed E-state index contributed by atoms with van der Waals surface area (Å²) in [6, 6.07) is 0.168. The minimum Gasteiger partial charge on any atom is -0.444 e. The fourth-order valence-electron chi connectivity index (χ4n) is 2.62. The maximum Gasteiger partial charge on any atom is 0.410 e. The van der Waals surface area contributed by atoms with E-state index in [2.05, 4.69) is 11.8 Å². The lowest BCUT2D eigenvalue weighted by Crippen LogP contribution is -2.58. The molecule has 3 unspecified atom stereocenters. The standard InChI is InChI=1S/C14H28N2O3/c1-7-10-11(15(5)6)8-16(9-12(10)17)13(18)19-14(2,3)4/h10-12,17H,7-9H2,1-6H3. The largest absolute Gasteiger partial charge is 0.444 e. The predicted molar refractivity (Wildman–Crippen MR) is 75.1 cm³/mol. The van der Waals surface area contributed by atoms with Crippen LogP contribution in [0.2, 0.25) is 0 Å². The Kier molecular flexibility index (Phi) is 5.21. The van der Waals surface area contributed by atoms with Gasteiger partial charge in [-0.1, -0.05) is 6.92 Å². The van der Waals surface area contributed by atoms with Gasteiger partial charge < -0.3 is 19.6 Å². The molecule has 5 heteroatoms. The topological polar surface area (TPSA) is 53.0 Å². The molecule has 5 nitrogen and oxygen atoms in total. The molecule has 0 spiro atoms. The van der Waals surface area contributed by atoms with Crippen LogP contribution < -0.4 is 0 Å². The molecule has 0 aromatic rings. The molecule has 0 saturated carbocycles. The average Bonchev–Trinajstić information content (AvgIpc) is 2.25. The number of rotatable bonds is 2. The van der Waals surface area contributed by atoms with Gasteiger partial charge in [-0.15, -0.1) is 0 Å². The zero-order valence-electron chi connectivity index (χ0n) is 13.0. The van der Waals surface area contributed by atoms with Crippen LogP contribution in [0.15, 0.2) is 0 Å². The Balaban J connectivity index is 2.75. The lowest BCUT2D eigenvalue weighted by atomic mass is 9.86. The molecule has 0 radical (unpaired) electrons. The molecular weight excluding hydrogens is 244 g/mol. The van der Waals surface area contributed by atoms with Gasteiger partial charge in [-0.2, -0.15) is 0 Å². The second kappa shape index (κ2) is 6.09. The first-order chi connectivity index (χ1) is 8.65. The number of hydrogen-bond acceptors (Lipinski definition) is 4. The summed E-state index contributed by atoms with van der Waals surface area (Å²) in [5.74, 6) is 0.202. The van der Waals surface area contributed by atoms with Crippen LogP contribution in [0.4, 0.5) is 4.79 Å². The van der Waals surface area contributed by atoms with Crippen molar-refractivity contribution in [2.45, 2.75) is 51.9 Å². The molecule has 19 heavy (non-hydrogen) atoms. The van der Waals surface area contributed by atoms with E-state index in [1.54, 1.807) is 4.90 Å². The quantitative estimate of drug-likeness (QED) is 0.829. The molecule has 0 aliphatic carbocycles. The number of hydrogen-bond donors (Lipinski definition) is 1. The van der Waals surface area contributed by atoms with Gasteiger partial charge in [0.15, 0.2) is 0 Å². The fraction of sp³-hybridized carbons (Fsp3) is 0.929. The van der Waals surface area contributed by atoms with Crippen molar-refractivity contribution in [3.05, 3.63) is 0 Å². The maximum absolute atomic E-state index is 12.1. The Bertz CT molecular complexity index is 312. The van der Waals surface area contributed by atoms with E-state index < -0.39 is 11.7 Å². The molecule has 1 saturated heterocycles. The van der Waals surface area contributed by atoms with E-state index in [0.29, 0.717) is 13.1 Å².